The van der Waals surface area contributed by atoms with Crippen LogP contribution in [-0.2, 0) is 10.1 Å². The second-order valence-electron chi connectivity index (χ2n) is 1.57. The molecule has 0 radical (unpaired) electrons. The molecule has 0 aromatic heterocycles. The highest BCUT2D eigenvalue weighted by Crippen LogP contribution is 1.80. The molecule has 60 valence electrons. The van der Waals surface area contributed by atoms with Gasteiger partial charge in [0.25, 0.3) is 0 Å². The van der Waals surface area contributed by atoms with Gasteiger partial charge in [-0.2, -0.15) is 0 Å². The van der Waals surface area contributed by atoms with E-state index in [1.54, 1.807) is 0 Å². The van der Waals surface area contributed by atoms with E-state index < -0.39 is 15.9 Å². The monoisotopic (exact) mass is 166 g/mol. The maximum atomic E-state index is 9.91. The number of hydrogen-bond donors (Lipinski definition) is 2. The van der Waals surface area contributed by atoms with Crippen LogP contribution in [0.2, 0.25) is 0 Å². The molecule has 0 aliphatic rings. The fourth-order valence-corrected chi connectivity index (χ4v) is 0.601. The lowest BCUT2D eigenvalue weighted by molar-refractivity contribution is 0.463. The van der Waals surface area contributed by atoms with Gasteiger partial charge in [-0.3, -0.25) is 4.99 Å². The molecule has 6 nitrogen and oxygen atoms in total. The average Bonchev–Trinajstić information content (AvgIpc) is 1.59. The van der Waals surface area contributed by atoms with Crippen LogP contribution in [0.15, 0.2) is 4.99 Å². The van der Waals surface area contributed by atoms with Gasteiger partial charge in [-0.25, -0.2) is 8.42 Å². The predicted molar refractivity (Wildman–Crippen MR) is 35.2 cm³/mol. The Kier molecular flexibility index (Phi) is 3.10. The third-order valence-corrected chi connectivity index (χ3v) is 1.32. The average molecular weight is 166 g/mol. The Morgan fingerprint density at radius 2 is 2.00 bits per heavy atom. The van der Waals surface area contributed by atoms with Crippen LogP contribution in [0.3, 0.4) is 0 Å². The Bertz CT molecular complexity index is 215. The van der Waals surface area contributed by atoms with Crippen molar-refractivity contribution in [1.29, 1.82) is 0 Å². The molecule has 4 N–H and O–H groups in total. The topological polar surface area (TPSA) is 122 Å². The summed E-state index contributed by atoms with van der Waals surface area (Å²) in [6.07, 6.45) is 0. The SMILES string of the molecule is NC(N)=NCCS(=O)(=O)[O-]. The molecule has 0 saturated heterocycles. The summed E-state index contributed by atoms with van der Waals surface area (Å²) < 4.78 is 29.7. The van der Waals surface area contributed by atoms with Gasteiger partial charge in [0.1, 0.15) is 0 Å². The van der Waals surface area contributed by atoms with Crippen molar-refractivity contribution in [3.05, 3.63) is 0 Å². The highest BCUT2D eigenvalue weighted by atomic mass is 32.2. The number of aliphatic imine (C=N–C) groups is 1. The Morgan fingerprint density at radius 1 is 1.50 bits per heavy atom. The zero-order valence-electron chi connectivity index (χ0n) is 5.15. The normalized spacial score (nSPS) is 10.9. The summed E-state index contributed by atoms with van der Waals surface area (Å²) in [6.45, 7) is -0.172. The molecule has 0 heterocycles. The molecule has 0 spiro atoms. The quantitative estimate of drug-likeness (QED) is 0.280. The van der Waals surface area contributed by atoms with Gasteiger partial charge in [0.05, 0.1) is 22.4 Å². The van der Waals surface area contributed by atoms with Gasteiger partial charge in [0, 0.05) is 0 Å². The van der Waals surface area contributed by atoms with Crippen LogP contribution < -0.4 is 11.5 Å². The molecule has 0 aromatic rings. The van der Waals surface area contributed by atoms with Crippen LogP contribution in [0, 0.1) is 0 Å². The molecule has 0 rings (SSSR count). The van der Waals surface area contributed by atoms with E-state index in [9.17, 15) is 13.0 Å². The second-order valence-corrected chi connectivity index (χ2v) is 3.09. The molecule has 0 bridgehead atoms. The van der Waals surface area contributed by atoms with Gasteiger partial charge >= 0.3 is 0 Å². The van der Waals surface area contributed by atoms with E-state index in [4.69, 9.17) is 11.5 Å². The molecule has 7 heteroatoms. The van der Waals surface area contributed by atoms with Crippen molar-refractivity contribution >= 4 is 16.1 Å². The lowest BCUT2D eigenvalue weighted by atomic mass is 10.8. The van der Waals surface area contributed by atoms with Gasteiger partial charge in [0.2, 0.25) is 0 Å². The van der Waals surface area contributed by atoms with E-state index >= 15 is 0 Å². The van der Waals surface area contributed by atoms with Gasteiger partial charge in [-0.1, -0.05) is 0 Å². The summed E-state index contributed by atoms with van der Waals surface area (Å²) in [4.78, 5) is 3.30. The number of rotatable bonds is 3. The highest BCUT2D eigenvalue weighted by molar-refractivity contribution is 7.85. The minimum Gasteiger partial charge on any atom is -0.748 e. The van der Waals surface area contributed by atoms with Gasteiger partial charge in [-0.05, 0) is 0 Å². The maximum absolute atomic E-state index is 9.91. The van der Waals surface area contributed by atoms with E-state index in [1.165, 1.54) is 0 Å². The van der Waals surface area contributed by atoms with Crippen LogP contribution in [-0.4, -0.2) is 31.2 Å². The van der Waals surface area contributed by atoms with E-state index in [0.717, 1.165) is 0 Å². The fourth-order valence-electron chi connectivity index (χ4n) is 0.287. The highest BCUT2D eigenvalue weighted by Gasteiger charge is 1.91. The maximum Gasteiger partial charge on any atom is 0.185 e. The first-order chi connectivity index (χ1) is 4.42. The summed E-state index contributed by atoms with van der Waals surface area (Å²) >= 11 is 0. The number of nitrogens with zero attached hydrogens (tertiary/aromatic N) is 1. The van der Waals surface area contributed by atoms with Crippen molar-refractivity contribution in [3.63, 3.8) is 0 Å². The summed E-state index contributed by atoms with van der Waals surface area (Å²) in [5.41, 5.74) is 9.71. The molecular weight excluding hydrogens is 158 g/mol. The molecule has 0 unspecified atom stereocenters. The van der Waals surface area contributed by atoms with E-state index in [-0.39, 0.29) is 12.5 Å². The van der Waals surface area contributed by atoms with Crippen LogP contribution in [0.5, 0.6) is 0 Å². The van der Waals surface area contributed by atoms with Crippen molar-refractivity contribution in [2.45, 2.75) is 0 Å². The van der Waals surface area contributed by atoms with E-state index in [0.29, 0.717) is 0 Å². The van der Waals surface area contributed by atoms with E-state index in [1.807, 2.05) is 0 Å². The van der Waals surface area contributed by atoms with Crippen LogP contribution in [0.1, 0.15) is 0 Å². The first-order valence-electron chi connectivity index (χ1n) is 2.41. The van der Waals surface area contributed by atoms with Crippen molar-refractivity contribution in [2.75, 3.05) is 12.3 Å². The van der Waals surface area contributed by atoms with Crippen LogP contribution in [0.4, 0.5) is 0 Å². The molecule has 0 amide bonds. The molecule has 0 fully saturated rings. The Morgan fingerprint density at radius 3 is 2.30 bits per heavy atom. The third kappa shape index (κ3) is 7.18. The standard InChI is InChI=1S/C3H9N3O3S/c4-3(5)6-1-2-10(7,8)9/h1-2H2,(H4,4,5,6)(H,7,8,9)/p-1. The Labute approximate surface area is 58.7 Å². The summed E-state index contributed by atoms with van der Waals surface area (Å²) in [5.74, 6) is -0.783. The van der Waals surface area contributed by atoms with Gasteiger partial charge in [0.15, 0.2) is 5.96 Å². The van der Waals surface area contributed by atoms with Crippen molar-refractivity contribution in [1.82, 2.24) is 0 Å². The zero-order valence-corrected chi connectivity index (χ0v) is 5.97. The first kappa shape index (κ1) is 9.18. The van der Waals surface area contributed by atoms with Crippen LogP contribution >= 0.6 is 0 Å². The summed E-state index contributed by atoms with van der Waals surface area (Å²) in [5, 5.41) is 0. The number of hydrogen-bond acceptors (Lipinski definition) is 4. The zero-order chi connectivity index (χ0) is 8.20. The molecule has 0 atom stereocenters. The van der Waals surface area contributed by atoms with Crippen molar-refractivity contribution in [3.8, 4) is 0 Å². The molecular formula is C3H8N3O3S-. The second kappa shape index (κ2) is 3.37. The fraction of sp³-hybridized carbons (Fsp3) is 0.667. The van der Waals surface area contributed by atoms with Crippen molar-refractivity contribution in [2.24, 2.45) is 16.5 Å². The van der Waals surface area contributed by atoms with Crippen molar-refractivity contribution < 1.29 is 13.0 Å². The lowest BCUT2D eigenvalue weighted by Gasteiger charge is -2.02. The molecule has 0 saturated carbocycles. The smallest absolute Gasteiger partial charge is 0.185 e. The minimum atomic E-state index is -4.19. The molecule has 0 aliphatic carbocycles. The molecule has 0 aromatic carbocycles. The van der Waals surface area contributed by atoms with Gasteiger partial charge in [-0.15, -0.1) is 0 Å². The molecule has 0 aliphatic heterocycles. The lowest BCUT2D eigenvalue weighted by Crippen LogP contribution is -2.24. The predicted octanol–water partition coefficient (Wildman–Crippen LogP) is -2.19. The number of guanidine groups is 1. The first-order valence-corrected chi connectivity index (χ1v) is 3.98. The van der Waals surface area contributed by atoms with Crippen LogP contribution in [0.25, 0.3) is 0 Å². The van der Waals surface area contributed by atoms with E-state index in [2.05, 4.69) is 4.99 Å². The minimum absolute atomic E-state index is 0.172. The Hall–Kier alpha value is -0.820. The number of nitrogens with two attached hydrogens (primary N) is 2. The van der Waals surface area contributed by atoms with Gasteiger partial charge < -0.3 is 16.0 Å². The summed E-state index contributed by atoms with van der Waals surface area (Å²) in [6, 6.07) is 0. The Balaban J connectivity index is 3.69. The molecule has 10 heavy (non-hydrogen) atoms. The third-order valence-electron chi connectivity index (χ3n) is 0.636. The summed E-state index contributed by atoms with van der Waals surface area (Å²) in [7, 11) is -4.19. The largest absolute Gasteiger partial charge is 0.748 e.